The molecule has 1 N–H and O–H groups in total. The summed E-state index contributed by atoms with van der Waals surface area (Å²) in [6, 6.07) is 20.6. The number of rotatable bonds is 9. The maximum absolute atomic E-state index is 13.5. The number of benzene rings is 3. The SMILES string of the molecule is CC(C)(C)c1ccccc1OCCNC(=O)CN(c1ccc2c(c1)OCCO2)S(=O)(=O)c1ccccc1. The summed E-state index contributed by atoms with van der Waals surface area (Å²) in [7, 11) is -4.03. The number of hydrogen-bond acceptors (Lipinski definition) is 6. The first kappa shape index (κ1) is 26.3. The molecule has 9 heteroatoms. The number of ether oxygens (including phenoxy) is 3. The van der Waals surface area contributed by atoms with Crippen molar-refractivity contribution in [2.24, 2.45) is 0 Å². The second kappa shape index (κ2) is 11.1. The topological polar surface area (TPSA) is 94.2 Å². The molecular formula is C28H32N2O6S. The summed E-state index contributed by atoms with van der Waals surface area (Å²) in [5.41, 5.74) is 1.29. The smallest absolute Gasteiger partial charge is 0.264 e. The van der Waals surface area contributed by atoms with Crippen LogP contribution >= 0.6 is 0 Å². The van der Waals surface area contributed by atoms with Crippen LogP contribution in [0.25, 0.3) is 0 Å². The summed E-state index contributed by atoms with van der Waals surface area (Å²) in [4.78, 5) is 13.0. The molecule has 0 saturated carbocycles. The molecule has 0 unspecified atom stereocenters. The van der Waals surface area contributed by atoms with E-state index in [0.29, 0.717) is 30.4 Å². The lowest BCUT2D eigenvalue weighted by Gasteiger charge is -2.26. The molecule has 4 rings (SSSR count). The highest BCUT2D eigenvalue weighted by Crippen LogP contribution is 2.35. The fraction of sp³-hybridized carbons (Fsp3) is 0.321. The largest absolute Gasteiger partial charge is 0.491 e. The Morgan fingerprint density at radius 2 is 1.62 bits per heavy atom. The third-order valence-corrected chi connectivity index (χ3v) is 7.60. The standard InChI is InChI=1S/C28H32N2O6S/c1-28(2,3)23-11-7-8-12-24(23)34-16-15-29-27(31)20-30(37(32,33)22-9-5-4-6-10-22)21-13-14-25-26(19-21)36-18-17-35-25/h4-14,19H,15-18,20H2,1-3H3,(H,29,31). The Hall–Kier alpha value is -3.72. The fourth-order valence-electron chi connectivity index (χ4n) is 3.97. The number of amides is 1. The van der Waals surface area contributed by atoms with Gasteiger partial charge in [-0.3, -0.25) is 9.10 Å². The van der Waals surface area contributed by atoms with Crippen molar-refractivity contribution in [2.75, 3.05) is 37.2 Å². The summed E-state index contributed by atoms with van der Waals surface area (Å²) in [6.45, 7) is 7.16. The maximum atomic E-state index is 13.5. The van der Waals surface area contributed by atoms with Crippen molar-refractivity contribution in [3.63, 3.8) is 0 Å². The van der Waals surface area contributed by atoms with Crippen LogP contribution in [-0.4, -0.2) is 47.2 Å². The molecule has 0 atom stereocenters. The number of anilines is 1. The summed E-state index contributed by atoms with van der Waals surface area (Å²) >= 11 is 0. The lowest BCUT2D eigenvalue weighted by Crippen LogP contribution is -2.42. The van der Waals surface area contributed by atoms with Crippen LogP contribution in [0.15, 0.2) is 77.7 Å². The van der Waals surface area contributed by atoms with Crippen molar-refractivity contribution in [1.29, 1.82) is 0 Å². The van der Waals surface area contributed by atoms with Crippen LogP contribution in [0.1, 0.15) is 26.3 Å². The number of carbonyl (C=O) groups excluding carboxylic acids is 1. The van der Waals surface area contributed by atoms with Gasteiger partial charge < -0.3 is 19.5 Å². The molecule has 1 aliphatic heterocycles. The predicted molar refractivity (Wildman–Crippen MR) is 142 cm³/mol. The number of para-hydroxylation sites is 1. The Bertz CT molecular complexity index is 1340. The Kier molecular flexibility index (Phi) is 7.92. The second-order valence-corrected chi connectivity index (χ2v) is 11.5. The van der Waals surface area contributed by atoms with E-state index in [9.17, 15) is 13.2 Å². The number of sulfonamides is 1. The molecular weight excluding hydrogens is 492 g/mol. The van der Waals surface area contributed by atoms with E-state index in [0.717, 1.165) is 15.6 Å². The number of nitrogens with one attached hydrogen (secondary N) is 1. The predicted octanol–water partition coefficient (Wildman–Crippen LogP) is 4.15. The van der Waals surface area contributed by atoms with Gasteiger partial charge in [-0.25, -0.2) is 8.42 Å². The minimum absolute atomic E-state index is 0.0832. The first-order chi connectivity index (χ1) is 17.7. The van der Waals surface area contributed by atoms with Crippen molar-refractivity contribution in [3.05, 3.63) is 78.4 Å². The van der Waals surface area contributed by atoms with Gasteiger partial charge in [0.2, 0.25) is 5.91 Å². The van der Waals surface area contributed by atoms with Gasteiger partial charge in [0, 0.05) is 6.07 Å². The quantitative estimate of drug-likeness (QED) is 0.423. The number of hydrogen-bond donors (Lipinski definition) is 1. The summed E-state index contributed by atoms with van der Waals surface area (Å²) in [5, 5.41) is 2.77. The minimum atomic E-state index is -4.03. The second-order valence-electron chi connectivity index (χ2n) is 9.60. The van der Waals surface area contributed by atoms with E-state index in [4.69, 9.17) is 14.2 Å². The highest BCUT2D eigenvalue weighted by Gasteiger charge is 2.28. The van der Waals surface area contributed by atoms with Gasteiger partial charge in [-0.05, 0) is 41.3 Å². The first-order valence-electron chi connectivity index (χ1n) is 12.1. The van der Waals surface area contributed by atoms with Crippen molar-refractivity contribution < 1.29 is 27.4 Å². The maximum Gasteiger partial charge on any atom is 0.264 e. The zero-order valence-electron chi connectivity index (χ0n) is 21.3. The molecule has 0 fully saturated rings. The Labute approximate surface area is 218 Å². The van der Waals surface area contributed by atoms with Gasteiger partial charge in [-0.1, -0.05) is 57.2 Å². The summed E-state index contributed by atoms with van der Waals surface area (Å²) in [5.74, 6) is 1.27. The third kappa shape index (κ3) is 6.35. The van der Waals surface area contributed by atoms with E-state index in [2.05, 4.69) is 26.1 Å². The third-order valence-electron chi connectivity index (χ3n) is 5.81. The van der Waals surface area contributed by atoms with E-state index in [1.54, 1.807) is 36.4 Å². The highest BCUT2D eigenvalue weighted by atomic mass is 32.2. The molecule has 0 spiro atoms. The van der Waals surface area contributed by atoms with E-state index < -0.39 is 22.5 Å². The van der Waals surface area contributed by atoms with E-state index in [1.807, 2.05) is 24.3 Å². The van der Waals surface area contributed by atoms with Crippen molar-refractivity contribution >= 4 is 21.6 Å². The van der Waals surface area contributed by atoms with Crippen LogP contribution in [0, 0.1) is 0 Å². The van der Waals surface area contributed by atoms with E-state index in [1.165, 1.54) is 12.1 Å². The number of carbonyl (C=O) groups is 1. The fourth-order valence-corrected chi connectivity index (χ4v) is 5.41. The number of fused-ring (bicyclic) bond motifs is 1. The van der Waals surface area contributed by atoms with E-state index >= 15 is 0 Å². The molecule has 3 aromatic carbocycles. The van der Waals surface area contributed by atoms with Crippen LogP contribution in [0.5, 0.6) is 17.2 Å². The average Bonchev–Trinajstić information content (AvgIpc) is 2.89. The molecule has 0 saturated heterocycles. The molecule has 0 aliphatic carbocycles. The van der Waals surface area contributed by atoms with Crippen LogP contribution in [0.4, 0.5) is 5.69 Å². The van der Waals surface area contributed by atoms with Gasteiger partial charge >= 0.3 is 0 Å². The molecule has 196 valence electrons. The van der Waals surface area contributed by atoms with Crippen LogP contribution in [0.2, 0.25) is 0 Å². The Morgan fingerprint density at radius 3 is 2.35 bits per heavy atom. The minimum Gasteiger partial charge on any atom is -0.491 e. The van der Waals surface area contributed by atoms with Crippen LogP contribution in [0.3, 0.4) is 0 Å². The van der Waals surface area contributed by atoms with Gasteiger partial charge in [-0.2, -0.15) is 0 Å². The highest BCUT2D eigenvalue weighted by molar-refractivity contribution is 7.92. The normalized spacial score (nSPS) is 13.1. The molecule has 1 aliphatic rings. The lowest BCUT2D eigenvalue weighted by atomic mass is 9.86. The van der Waals surface area contributed by atoms with Gasteiger partial charge in [0.15, 0.2) is 11.5 Å². The van der Waals surface area contributed by atoms with E-state index in [-0.39, 0.29) is 23.5 Å². The zero-order chi connectivity index (χ0) is 26.5. The van der Waals surface area contributed by atoms with Gasteiger partial charge in [0.05, 0.1) is 17.1 Å². The summed E-state index contributed by atoms with van der Waals surface area (Å²) in [6.07, 6.45) is 0. The van der Waals surface area contributed by atoms with Gasteiger partial charge in [0.25, 0.3) is 10.0 Å². The Balaban J connectivity index is 1.47. The molecule has 0 aromatic heterocycles. The molecule has 0 radical (unpaired) electrons. The molecule has 37 heavy (non-hydrogen) atoms. The van der Waals surface area contributed by atoms with Crippen molar-refractivity contribution in [3.8, 4) is 17.2 Å². The van der Waals surface area contributed by atoms with Crippen molar-refractivity contribution in [1.82, 2.24) is 5.32 Å². The lowest BCUT2D eigenvalue weighted by molar-refractivity contribution is -0.119. The van der Waals surface area contributed by atoms with Crippen molar-refractivity contribution in [2.45, 2.75) is 31.1 Å². The van der Waals surface area contributed by atoms with Gasteiger partial charge in [-0.15, -0.1) is 0 Å². The van der Waals surface area contributed by atoms with Crippen LogP contribution in [-0.2, 0) is 20.2 Å². The average molecular weight is 525 g/mol. The molecule has 0 bridgehead atoms. The monoisotopic (exact) mass is 524 g/mol. The Morgan fingerprint density at radius 1 is 0.946 bits per heavy atom. The molecule has 8 nitrogen and oxygen atoms in total. The number of nitrogens with zero attached hydrogens (tertiary/aromatic N) is 1. The summed E-state index contributed by atoms with van der Waals surface area (Å²) < 4.78 is 45.2. The first-order valence-corrected chi connectivity index (χ1v) is 13.6. The zero-order valence-corrected chi connectivity index (χ0v) is 22.1. The molecule has 3 aromatic rings. The molecule has 1 heterocycles. The van der Waals surface area contributed by atoms with Crippen LogP contribution < -0.4 is 23.8 Å². The van der Waals surface area contributed by atoms with Gasteiger partial charge in [0.1, 0.15) is 32.1 Å². The molecule has 1 amide bonds.